The molecule has 0 radical (unpaired) electrons. The number of nitrogens with one attached hydrogen (secondary N) is 1. The number of nitrogens with zero attached hydrogens (tertiary/aromatic N) is 2. The van der Waals surface area contributed by atoms with E-state index in [1.165, 1.54) is 11.1 Å². The van der Waals surface area contributed by atoms with Crippen molar-refractivity contribution in [3.63, 3.8) is 0 Å². The second-order valence-corrected chi connectivity index (χ2v) is 4.11. The van der Waals surface area contributed by atoms with E-state index in [9.17, 15) is 0 Å². The SMILES string of the molecule is CCc1cccc(C)c1Nc1cccc(C#N)n1. The number of pyridine rings is 1. The summed E-state index contributed by atoms with van der Waals surface area (Å²) >= 11 is 0. The van der Waals surface area contributed by atoms with Crippen LogP contribution < -0.4 is 5.32 Å². The number of hydrogen-bond donors (Lipinski definition) is 1. The summed E-state index contributed by atoms with van der Waals surface area (Å²) in [5.74, 6) is 0.707. The van der Waals surface area contributed by atoms with Crippen molar-refractivity contribution in [3.05, 3.63) is 53.2 Å². The minimum Gasteiger partial charge on any atom is -0.340 e. The molecule has 0 aliphatic heterocycles. The van der Waals surface area contributed by atoms with E-state index in [1.807, 2.05) is 18.2 Å². The smallest absolute Gasteiger partial charge is 0.142 e. The van der Waals surface area contributed by atoms with Crippen molar-refractivity contribution in [3.8, 4) is 6.07 Å². The molecule has 0 fully saturated rings. The summed E-state index contributed by atoms with van der Waals surface area (Å²) in [4.78, 5) is 4.23. The van der Waals surface area contributed by atoms with Crippen molar-refractivity contribution < 1.29 is 0 Å². The molecule has 0 saturated heterocycles. The van der Waals surface area contributed by atoms with Crippen molar-refractivity contribution in [1.82, 2.24) is 4.98 Å². The zero-order valence-corrected chi connectivity index (χ0v) is 10.6. The van der Waals surface area contributed by atoms with Crippen LogP contribution in [-0.2, 0) is 6.42 Å². The fourth-order valence-electron chi connectivity index (χ4n) is 1.90. The molecule has 0 atom stereocenters. The van der Waals surface area contributed by atoms with Gasteiger partial charge >= 0.3 is 0 Å². The highest BCUT2D eigenvalue weighted by Gasteiger charge is 2.05. The zero-order valence-electron chi connectivity index (χ0n) is 10.6. The van der Waals surface area contributed by atoms with Gasteiger partial charge in [0.2, 0.25) is 0 Å². The summed E-state index contributed by atoms with van der Waals surface area (Å²) in [7, 11) is 0. The molecule has 1 N–H and O–H groups in total. The molecule has 0 unspecified atom stereocenters. The molecule has 0 saturated carbocycles. The number of aromatic nitrogens is 1. The van der Waals surface area contributed by atoms with Gasteiger partial charge < -0.3 is 5.32 Å². The number of benzene rings is 1. The average Bonchev–Trinajstić information content (AvgIpc) is 2.41. The maximum absolute atomic E-state index is 8.84. The van der Waals surface area contributed by atoms with E-state index < -0.39 is 0 Å². The lowest BCUT2D eigenvalue weighted by Crippen LogP contribution is -2.00. The molecule has 3 nitrogen and oxygen atoms in total. The lowest BCUT2D eigenvalue weighted by atomic mass is 10.1. The fourth-order valence-corrected chi connectivity index (χ4v) is 1.90. The van der Waals surface area contributed by atoms with Gasteiger partial charge in [0, 0.05) is 5.69 Å². The number of hydrogen-bond acceptors (Lipinski definition) is 3. The van der Waals surface area contributed by atoms with Crippen molar-refractivity contribution >= 4 is 11.5 Å². The van der Waals surface area contributed by atoms with Gasteiger partial charge in [-0.3, -0.25) is 0 Å². The Morgan fingerprint density at radius 2 is 2.00 bits per heavy atom. The van der Waals surface area contributed by atoms with Gasteiger partial charge in [0.05, 0.1) is 0 Å². The third-order valence-electron chi connectivity index (χ3n) is 2.86. The summed E-state index contributed by atoms with van der Waals surface area (Å²) in [5, 5.41) is 12.1. The third kappa shape index (κ3) is 2.49. The van der Waals surface area contributed by atoms with E-state index in [0.717, 1.165) is 12.1 Å². The Morgan fingerprint density at radius 3 is 2.72 bits per heavy atom. The molecular weight excluding hydrogens is 222 g/mol. The van der Waals surface area contributed by atoms with Crippen LogP contribution in [0.5, 0.6) is 0 Å². The van der Waals surface area contributed by atoms with Crippen LogP contribution in [0.1, 0.15) is 23.7 Å². The Balaban J connectivity index is 2.37. The Bertz CT molecular complexity index is 597. The minimum atomic E-state index is 0.423. The topological polar surface area (TPSA) is 48.7 Å². The first kappa shape index (κ1) is 12.1. The molecule has 3 heteroatoms. The molecule has 2 rings (SSSR count). The quantitative estimate of drug-likeness (QED) is 0.887. The summed E-state index contributed by atoms with van der Waals surface area (Å²) in [6.45, 7) is 4.19. The maximum Gasteiger partial charge on any atom is 0.142 e. The predicted octanol–water partition coefficient (Wildman–Crippen LogP) is 3.57. The van der Waals surface area contributed by atoms with Crippen LogP contribution in [-0.4, -0.2) is 4.98 Å². The number of aryl methyl sites for hydroxylation is 2. The monoisotopic (exact) mass is 237 g/mol. The van der Waals surface area contributed by atoms with Gasteiger partial charge in [0.25, 0.3) is 0 Å². The first-order valence-corrected chi connectivity index (χ1v) is 5.97. The van der Waals surface area contributed by atoms with Gasteiger partial charge in [0.1, 0.15) is 17.6 Å². The van der Waals surface area contributed by atoms with Crippen molar-refractivity contribution in [2.24, 2.45) is 0 Å². The number of anilines is 2. The van der Waals surface area contributed by atoms with E-state index in [-0.39, 0.29) is 0 Å². The van der Waals surface area contributed by atoms with Gasteiger partial charge in [-0.15, -0.1) is 0 Å². The van der Waals surface area contributed by atoms with Gasteiger partial charge in [-0.2, -0.15) is 5.26 Å². The van der Waals surface area contributed by atoms with E-state index in [2.05, 4.69) is 42.3 Å². The van der Waals surface area contributed by atoms with Crippen LogP contribution in [0.2, 0.25) is 0 Å². The van der Waals surface area contributed by atoms with Crippen molar-refractivity contribution in [2.45, 2.75) is 20.3 Å². The zero-order chi connectivity index (χ0) is 13.0. The Kier molecular flexibility index (Phi) is 3.59. The molecule has 0 spiro atoms. The molecule has 0 aliphatic rings. The predicted molar refractivity (Wildman–Crippen MR) is 72.8 cm³/mol. The molecule has 2 aromatic rings. The highest BCUT2D eigenvalue weighted by molar-refractivity contribution is 5.65. The number of rotatable bonds is 3. The molecule has 0 bridgehead atoms. The van der Waals surface area contributed by atoms with Crippen LogP contribution >= 0.6 is 0 Å². The molecule has 18 heavy (non-hydrogen) atoms. The van der Waals surface area contributed by atoms with Crippen LogP contribution in [0.3, 0.4) is 0 Å². The molecule has 1 heterocycles. The summed E-state index contributed by atoms with van der Waals surface area (Å²) in [6, 6.07) is 13.7. The summed E-state index contributed by atoms with van der Waals surface area (Å²) < 4.78 is 0. The number of nitriles is 1. The lowest BCUT2D eigenvalue weighted by Gasteiger charge is -2.13. The highest BCUT2D eigenvalue weighted by atomic mass is 15.0. The Labute approximate surface area is 107 Å². The largest absolute Gasteiger partial charge is 0.340 e. The minimum absolute atomic E-state index is 0.423. The van der Waals surface area contributed by atoms with E-state index in [1.54, 1.807) is 6.07 Å². The van der Waals surface area contributed by atoms with Crippen LogP contribution in [0, 0.1) is 18.3 Å². The first-order valence-electron chi connectivity index (χ1n) is 5.97. The second kappa shape index (κ2) is 5.33. The first-order chi connectivity index (χ1) is 8.74. The van der Waals surface area contributed by atoms with Crippen LogP contribution in [0.4, 0.5) is 11.5 Å². The Hall–Kier alpha value is -2.34. The van der Waals surface area contributed by atoms with E-state index >= 15 is 0 Å². The Morgan fingerprint density at radius 1 is 1.22 bits per heavy atom. The molecule has 1 aromatic heterocycles. The molecular formula is C15H15N3. The maximum atomic E-state index is 8.84. The summed E-state index contributed by atoms with van der Waals surface area (Å²) in [6.07, 6.45) is 0.960. The lowest BCUT2D eigenvalue weighted by molar-refractivity contribution is 1.13. The van der Waals surface area contributed by atoms with Crippen LogP contribution in [0.15, 0.2) is 36.4 Å². The highest BCUT2D eigenvalue weighted by Crippen LogP contribution is 2.24. The van der Waals surface area contributed by atoms with Crippen molar-refractivity contribution in [1.29, 1.82) is 5.26 Å². The van der Waals surface area contributed by atoms with Gasteiger partial charge in [-0.05, 0) is 36.6 Å². The standard InChI is InChI=1S/C15H15N3/c1-3-12-7-4-6-11(2)15(12)18-14-9-5-8-13(10-16)17-14/h4-9H,3H2,1-2H3,(H,17,18). The van der Waals surface area contributed by atoms with Gasteiger partial charge in [-0.1, -0.05) is 31.2 Å². The van der Waals surface area contributed by atoms with Gasteiger partial charge in [-0.25, -0.2) is 4.98 Å². The van der Waals surface area contributed by atoms with E-state index in [4.69, 9.17) is 5.26 Å². The van der Waals surface area contributed by atoms with Crippen LogP contribution in [0.25, 0.3) is 0 Å². The normalized spacial score (nSPS) is 9.83. The molecule has 90 valence electrons. The summed E-state index contributed by atoms with van der Waals surface area (Å²) in [5.41, 5.74) is 3.94. The fraction of sp³-hybridized carbons (Fsp3) is 0.200. The third-order valence-corrected chi connectivity index (χ3v) is 2.86. The molecule has 1 aromatic carbocycles. The van der Waals surface area contributed by atoms with E-state index in [0.29, 0.717) is 11.5 Å². The van der Waals surface area contributed by atoms with Crippen molar-refractivity contribution in [2.75, 3.05) is 5.32 Å². The second-order valence-electron chi connectivity index (χ2n) is 4.11. The van der Waals surface area contributed by atoms with Gasteiger partial charge in [0.15, 0.2) is 0 Å². The molecule has 0 amide bonds. The number of para-hydroxylation sites is 1. The molecule has 0 aliphatic carbocycles. The average molecular weight is 237 g/mol.